The van der Waals surface area contributed by atoms with Crippen LogP contribution in [0.1, 0.15) is 32.6 Å². The van der Waals surface area contributed by atoms with Gasteiger partial charge in [-0.25, -0.2) is 4.79 Å². The van der Waals surface area contributed by atoms with Gasteiger partial charge in [-0.2, -0.15) is 0 Å². The van der Waals surface area contributed by atoms with Crippen LogP contribution in [0.4, 0.5) is 0 Å². The van der Waals surface area contributed by atoms with Crippen molar-refractivity contribution in [3.8, 4) is 0 Å². The summed E-state index contributed by atoms with van der Waals surface area (Å²) in [5.41, 5.74) is -0.197. The Balaban J connectivity index is 2.09. The minimum absolute atomic E-state index is 0.0245. The van der Waals surface area contributed by atoms with E-state index in [4.69, 9.17) is 5.11 Å². The Morgan fingerprint density at radius 2 is 2.06 bits per heavy atom. The third-order valence-corrected chi connectivity index (χ3v) is 3.37. The Morgan fingerprint density at radius 3 is 2.59 bits per heavy atom. The Morgan fingerprint density at radius 1 is 1.41 bits per heavy atom. The van der Waals surface area contributed by atoms with Crippen LogP contribution in [0, 0.1) is 5.41 Å². The van der Waals surface area contributed by atoms with Crippen LogP contribution in [0.3, 0.4) is 0 Å². The van der Waals surface area contributed by atoms with Gasteiger partial charge in [0.2, 0.25) is 0 Å². The minimum Gasteiger partial charge on any atom is -0.481 e. The molecule has 0 atom stereocenters. The fraction of sp³-hybridized carbons (Fsp3) is 0.667. The lowest BCUT2D eigenvalue weighted by Gasteiger charge is -2.12. The maximum absolute atomic E-state index is 11.9. The van der Waals surface area contributed by atoms with Gasteiger partial charge in [0.05, 0.1) is 6.42 Å². The standard InChI is InChI=1S/C12H18N2O3/c1-2-5-13-6-7-14(11(13)17)9-12(3-4-12)8-10(15)16/h6-7H,2-5,8-9H2,1H3,(H,15,16). The zero-order valence-corrected chi connectivity index (χ0v) is 10.1. The monoisotopic (exact) mass is 238 g/mol. The number of nitrogens with zero attached hydrogens (tertiary/aromatic N) is 2. The van der Waals surface area contributed by atoms with E-state index in [2.05, 4.69) is 0 Å². The molecule has 0 unspecified atom stereocenters. The van der Waals surface area contributed by atoms with E-state index < -0.39 is 5.97 Å². The molecule has 94 valence electrons. The molecule has 0 spiro atoms. The number of carboxylic acids is 1. The van der Waals surface area contributed by atoms with Crippen LogP contribution < -0.4 is 5.69 Å². The second-order valence-corrected chi connectivity index (χ2v) is 4.97. The number of aryl methyl sites for hydroxylation is 1. The van der Waals surface area contributed by atoms with Crippen molar-refractivity contribution in [3.63, 3.8) is 0 Å². The summed E-state index contributed by atoms with van der Waals surface area (Å²) in [7, 11) is 0. The molecule has 0 saturated heterocycles. The quantitative estimate of drug-likeness (QED) is 0.812. The molecule has 0 radical (unpaired) electrons. The number of aromatic nitrogens is 2. The highest BCUT2D eigenvalue weighted by atomic mass is 16.4. The second kappa shape index (κ2) is 4.39. The van der Waals surface area contributed by atoms with Crippen molar-refractivity contribution in [1.82, 2.24) is 9.13 Å². The number of imidazole rings is 1. The topological polar surface area (TPSA) is 64.2 Å². The first-order valence-electron chi connectivity index (χ1n) is 6.04. The lowest BCUT2D eigenvalue weighted by Crippen LogP contribution is -2.28. The molecular weight excluding hydrogens is 220 g/mol. The van der Waals surface area contributed by atoms with Crippen molar-refractivity contribution in [2.45, 2.75) is 45.7 Å². The number of rotatable bonds is 6. The maximum Gasteiger partial charge on any atom is 0.328 e. The largest absolute Gasteiger partial charge is 0.481 e. The van der Waals surface area contributed by atoms with Gasteiger partial charge in [-0.05, 0) is 24.7 Å². The minimum atomic E-state index is -0.775. The summed E-state index contributed by atoms with van der Waals surface area (Å²) in [6.07, 6.45) is 6.45. The summed E-state index contributed by atoms with van der Waals surface area (Å²) in [5.74, 6) is -0.775. The Labute approximate surface area is 99.7 Å². The van der Waals surface area contributed by atoms with Crippen LogP contribution in [0.15, 0.2) is 17.2 Å². The second-order valence-electron chi connectivity index (χ2n) is 4.97. The molecule has 1 aromatic rings. The summed E-state index contributed by atoms with van der Waals surface area (Å²) >= 11 is 0. The fourth-order valence-electron chi connectivity index (χ4n) is 2.23. The number of hydrogen-bond acceptors (Lipinski definition) is 2. The van der Waals surface area contributed by atoms with E-state index >= 15 is 0 Å². The zero-order valence-electron chi connectivity index (χ0n) is 10.1. The van der Waals surface area contributed by atoms with Crippen LogP contribution >= 0.6 is 0 Å². The van der Waals surface area contributed by atoms with Crippen LogP contribution in [-0.2, 0) is 17.9 Å². The molecule has 1 aliphatic rings. The molecule has 2 rings (SSSR count). The summed E-state index contributed by atoms with van der Waals surface area (Å²) < 4.78 is 3.32. The van der Waals surface area contributed by atoms with Crippen molar-refractivity contribution in [2.24, 2.45) is 5.41 Å². The highest BCUT2D eigenvalue weighted by Gasteiger charge is 2.45. The molecule has 1 aromatic heterocycles. The lowest BCUT2D eigenvalue weighted by molar-refractivity contribution is -0.138. The van der Waals surface area contributed by atoms with E-state index in [0.29, 0.717) is 6.54 Å². The molecule has 1 saturated carbocycles. The van der Waals surface area contributed by atoms with Crippen LogP contribution in [-0.4, -0.2) is 20.2 Å². The van der Waals surface area contributed by atoms with Crippen molar-refractivity contribution >= 4 is 5.97 Å². The van der Waals surface area contributed by atoms with Crippen molar-refractivity contribution in [2.75, 3.05) is 0 Å². The number of hydrogen-bond donors (Lipinski definition) is 1. The third kappa shape index (κ3) is 2.60. The van der Waals surface area contributed by atoms with E-state index in [-0.39, 0.29) is 17.5 Å². The molecule has 1 N–H and O–H groups in total. The van der Waals surface area contributed by atoms with E-state index in [0.717, 1.165) is 25.8 Å². The molecule has 17 heavy (non-hydrogen) atoms. The van der Waals surface area contributed by atoms with Gasteiger partial charge in [0.15, 0.2) is 0 Å². The van der Waals surface area contributed by atoms with Gasteiger partial charge < -0.3 is 5.11 Å². The van der Waals surface area contributed by atoms with Gasteiger partial charge >= 0.3 is 11.7 Å². The van der Waals surface area contributed by atoms with E-state index in [1.807, 2.05) is 6.92 Å². The highest BCUT2D eigenvalue weighted by molar-refractivity contribution is 5.68. The Kier molecular flexibility index (Phi) is 3.09. The molecule has 0 aromatic carbocycles. The van der Waals surface area contributed by atoms with Crippen LogP contribution in [0.5, 0.6) is 0 Å². The van der Waals surface area contributed by atoms with Gasteiger partial charge in [0, 0.05) is 25.5 Å². The predicted molar refractivity (Wildman–Crippen MR) is 62.9 cm³/mol. The Hall–Kier alpha value is -1.52. The number of aliphatic carboxylic acids is 1. The highest BCUT2D eigenvalue weighted by Crippen LogP contribution is 2.49. The van der Waals surface area contributed by atoms with E-state index in [1.165, 1.54) is 0 Å². The SMILES string of the molecule is CCCn1ccn(CC2(CC(=O)O)CC2)c1=O. The number of carbonyl (C=O) groups is 1. The van der Waals surface area contributed by atoms with Crippen molar-refractivity contribution in [3.05, 3.63) is 22.9 Å². The molecular formula is C12H18N2O3. The summed E-state index contributed by atoms with van der Waals surface area (Å²) in [5, 5.41) is 8.83. The van der Waals surface area contributed by atoms with E-state index in [1.54, 1.807) is 21.5 Å². The zero-order chi connectivity index (χ0) is 12.5. The van der Waals surface area contributed by atoms with Gasteiger partial charge in [-0.1, -0.05) is 6.92 Å². The average molecular weight is 238 g/mol. The molecule has 1 fully saturated rings. The smallest absolute Gasteiger partial charge is 0.328 e. The Bertz CT molecular complexity index is 468. The first-order valence-corrected chi connectivity index (χ1v) is 6.04. The van der Waals surface area contributed by atoms with Gasteiger partial charge in [-0.3, -0.25) is 13.9 Å². The number of carboxylic acid groups (broad SMARTS) is 1. The maximum atomic E-state index is 11.9. The normalized spacial score (nSPS) is 17.0. The van der Waals surface area contributed by atoms with Crippen LogP contribution in [0.2, 0.25) is 0 Å². The first kappa shape index (κ1) is 12.0. The molecule has 5 heteroatoms. The summed E-state index contributed by atoms with van der Waals surface area (Å²) in [6, 6.07) is 0. The van der Waals surface area contributed by atoms with Crippen molar-refractivity contribution < 1.29 is 9.90 Å². The molecule has 0 amide bonds. The summed E-state index contributed by atoms with van der Waals surface area (Å²) in [4.78, 5) is 22.7. The van der Waals surface area contributed by atoms with Gasteiger partial charge in [0.1, 0.15) is 0 Å². The molecule has 0 aliphatic heterocycles. The third-order valence-electron chi connectivity index (χ3n) is 3.37. The lowest BCUT2D eigenvalue weighted by atomic mass is 10.0. The van der Waals surface area contributed by atoms with Gasteiger partial charge in [-0.15, -0.1) is 0 Å². The predicted octanol–water partition coefficient (Wildman–Crippen LogP) is 1.31. The molecule has 1 aliphatic carbocycles. The van der Waals surface area contributed by atoms with Crippen molar-refractivity contribution in [1.29, 1.82) is 0 Å². The fourth-order valence-corrected chi connectivity index (χ4v) is 2.23. The van der Waals surface area contributed by atoms with Gasteiger partial charge in [0.25, 0.3) is 0 Å². The van der Waals surface area contributed by atoms with Crippen LogP contribution in [0.25, 0.3) is 0 Å². The van der Waals surface area contributed by atoms with E-state index in [9.17, 15) is 9.59 Å². The molecule has 0 bridgehead atoms. The summed E-state index contributed by atoms with van der Waals surface area (Å²) in [6.45, 7) is 3.28. The molecule has 1 heterocycles. The average Bonchev–Trinajstić information content (AvgIpc) is 2.92. The first-order chi connectivity index (χ1) is 8.06. The molecule has 5 nitrogen and oxygen atoms in total.